The second-order valence-electron chi connectivity index (χ2n) is 6.63. The molecule has 2 amide bonds. The van der Waals surface area contributed by atoms with E-state index < -0.39 is 0 Å². The average Bonchev–Trinajstić information content (AvgIpc) is 2.75. The van der Waals surface area contributed by atoms with E-state index in [0.29, 0.717) is 37.6 Å². The van der Waals surface area contributed by atoms with Gasteiger partial charge in [0.1, 0.15) is 5.75 Å². The van der Waals surface area contributed by atoms with Crippen molar-refractivity contribution in [2.45, 2.75) is 13.8 Å². The first kappa shape index (κ1) is 20.5. The number of rotatable bonds is 6. The van der Waals surface area contributed by atoms with Gasteiger partial charge in [-0.1, -0.05) is 0 Å². The maximum Gasteiger partial charge on any atom is 0.338 e. The molecule has 29 heavy (non-hydrogen) atoms. The lowest BCUT2D eigenvalue weighted by atomic mass is 10.2. The summed E-state index contributed by atoms with van der Waals surface area (Å²) in [5.41, 5.74) is 2.24. The molecular formula is C22H27N3O4. The average molecular weight is 397 g/mol. The Morgan fingerprint density at radius 1 is 0.897 bits per heavy atom. The number of carbonyl (C=O) groups excluding carboxylic acids is 2. The lowest BCUT2D eigenvalue weighted by Crippen LogP contribution is -2.50. The van der Waals surface area contributed by atoms with Crippen LogP contribution in [-0.2, 0) is 4.74 Å². The van der Waals surface area contributed by atoms with Crippen molar-refractivity contribution in [3.8, 4) is 5.75 Å². The van der Waals surface area contributed by atoms with Crippen LogP contribution in [0, 0.1) is 0 Å². The second kappa shape index (κ2) is 9.82. The van der Waals surface area contributed by atoms with Crippen molar-refractivity contribution in [2.75, 3.05) is 49.6 Å². The number of urea groups is 1. The molecule has 0 aromatic heterocycles. The number of anilines is 2. The molecule has 1 heterocycles. The van der Waals surface area contributed by atoms with Gasteiger partial charge < -0.3 is 24.6 Å². The number of nitrogens with zero attached hydrogens (tertiary/aromatic N) is 2. The van der Waals surface area contributed by atoms with Gasteiger partial charge in [-0.2, -0.15) is 0 Å². The van der Waals surface area contributed by atoms with Crippen molar-refractivity contribution in [1.29, 1.82) is 0 Å². The van der Waals surface area contributed by atoms with E-state index in [0.717, 1.165) is 24.5 Å². The highest BCUT2D eigenvalue weighted by Crippen LogP contribution is 2.21. The van der Waals surface area contributed by atoms with E-state index in [2.05, 4.69) is 10.2 Å². The smallest absolute Gasteiger partial charge is 0.338 e. The third kappa shape index (κ3) is 5.40. The van der Waals surface area contributed by atoms with Gasteiger partial charge in [-0.15, -0.1) is 0 Å². The third-order valence-electron chi connectivity index (χ3n) is 4.73. The van der Waals surface area contributed by atoms with Gasteiger partial charge in [-0.3, -0.25) is 0 Å². The maximum atomic E-state index is 12.5. The molecule has 0 aliphatic carbocycles. The maximum absolute atomic E-state index is 12.5. The van der Waals surface area contributed by atoms with Crippen molar-refractivity contribution < 1.29 is 19.1 Å². The summed E-state index contributed by atoms with van der Waals surface area (Å²) in [7, 11) is 0. The van der Waals surface area contributed by atoms with E-state index in [9.17, 15) is 9.59 Å². The monoisotopic (exact) mass is 397 g/mol. The number of piperazine rings is 1. The molecule has 0 spiro atoms. The minimum absolute atomic E-state index is 0.139. The largest absolute Gasteiger partial charge is 0.494 e. The van der Waals surface area contributed by atoms with Crippen LogP contribution in [0.15, 0.2) is 48.5 Å². The number of nitrogens with one attached hydrogen (secondary N) is 1. The molecule has 0 bridgehead atoms. The van der Waals surface area contributed by atoms with Crippen molar-refractivity contribution in [3.63, 3.8) is 0 Å². The first-order chi connectivity index (χ1) is 14.1. The topological polar surface area (TPSA) is 71.1 Å². The molecule has 2 aromatic rings. The van der Waals surface area contributed by atoms with Crippen LogP contribution in [-0.4, -0.2) is 56.3 Å². The molecule has 1 saturated heterocycles. The van der Waals surface area contributed by atoms with Crippen molar-refractivity contribution in [2.24, 2.45) is 0 Å². The predicted octanol–water partition coefficient (Wildman–Crippen LogP) is 3.62. The lowest BCUT2D eigenvalue weighted by Gasteiger charge is -2.36. The fraction of sp³-hybridized carbons (Fsp3) is 0.364. The highest BCUT2D eigenvalue weighted by atomic mass is 16.5. The number of esters is 1. The van der Waals surface area contributed by atoms with Crippen LogP contribution in [0.5, 0.6) is 5.75 Å². The summed E-state index contributed by atoms with van der Waals surface area (Å²) >= 11 is 0. The molecule has 2 aromatic carbocycles. The van der Waals surface area contributed by atoms with E-state index in [1.54, 1.807) is 36.1 Å². The summed E-state index contributed by atoms with van der Waals surface area (Å²) < 4.78 is 10.4. The molecule has 0 unspecified atom stereocenters. The number of hydrogen-bond acceptors (Lipinski definition) is 5. The molecule has 154 valence electrons. The predicted molar refractivity (Wildman–Crippen MR) is 113 cm³/mol. The first-order valence-electron chi connectivity index (χ1n) is 9.91. The molecule has 0 radical (unpaired) electrons. The highest BCUT2D eigenvalue weighted by molar-refractivity contribution is 5.92. The van der Waals surface area contributed by atoms with Crippen molar-refractivity contribution in [1.82, 2.24) is 4.90 Å². The number of carbonyl (C=O) groups is 2. The molecule has 1 aliphatic heterocycles. The van der Waals surface area contributed by atoms with Crippen molar-refractivity contribution >= 4 is 23.4 Å². The van der Waals surface area contributed by atoms with E-state index in [1.165, 1.54) is 0 Å². The summed E-state index contributed by atoms with van der Waals surface area (Å²) in [6, 6.07) is 14.6. The Kier molecular flexibility index (Phi) is 6.94. The Hall–Kier alpha value is -3.22. The molecule has 7 nitrogen and oxygen atoms in total. The van der Waals surface area contributed by atoms with Crippen LogP contribution in [0.4, 0.5) is 16.2 Å². The summed E-state index contributed by atoms with van der Waals surface area (Å²) in [6.07, 6.45) is 0. The van der Waals surface area contributed by atoms with Gasteiger partial charge in [0.15, 0.2) is 0 Å². The van der Waals surface area contributed by atoms with Crippen LogP contribution in [0.25, 0.3) is 0 Å². The quantitative estimate of drug-likeness (QED) is 0.754. The zero-order valence-corrected chi connectivity index (χ0v) is 16.9. The lowest BCUT2D eigenvalue weighted by molar-refractivity contribution is 0.0526. The summed E-state index contributed by atoms with van der Waals surface area (Å²) in [5, 5.41) is 2.89. The van der Waals surface area contributed by atoms with Crippen LogP contribution in [0.1, 0.15) is 24.2 Å². The van der Waals surface area contributed by atoms with Crippen LogP contribution in [0.3, 0.4) is 0 Å². The number of amides is 2. The van der Waals surface area contributed by atoms with E-state index in [4.69, 9.17) is 9.47 Å². The third-order valence-corrected chi connectivity index (χ3v) is 4.73. The second-order valence-corrected chi connectivity index (χ2v) is 6.63. The molecule has 0 saturated carbocycles. The SMILES string of the molecule is CCOC(=O)c1ccc(NC(=O)N2CCN(c3ccc(OCC)cc3)CC2)cc1. The van der Waals surface area contributed by atoms with Gasteiger partial charge >= 0.3 is 12.0 Å². The number of hydrogen-bond donors (Lipinski definition) is 1. The van der Waals surface area contributed by atoms with E-state index in [1.807, 2.05) is 31.2 Å². The Balaban J connectivity index is 1.50. The van der Waals surface area contributed by atoms with Crippen molar-refractivity contribution in [3.05, 3.63) is 54.1 Å². The summed E-state index contributed by atoms with van der Waals surface area (Å²) in [6.45, 7) is 7.53. The van der Waals surface area contributed by atoms with Gasteiger partial charge in [-0.05, 0) is 62.4 Å². The van der Waals surface area contributed by atoms with Crippen LogP contribution in [0.2, 0.25) is 0 Å². The molecule has 3 rings (SSSR count). The Morgan fingerprint density at radius 3 is 2.14 bits per heavy atom. The number of benzene rings is 2. The zero-order chi connectivity index (χ0) is 20.6. The number of ether oxygens (including phenoxy) is 2. The minimum Gasteiger partial charge on any atom is -0.494 e. The molecule has 1 aliphatic rings. The van der Waals surface area contributed by atoms with Gasteiger partial charge in [0, 0.05) is 37.6 Å². The minimum atomic E-state index is -0.365. The molecule has 1 fully saturated rings. The van der Waals surface area contributed by atoms with Gasteiger partial charge in [-0.25, -0.2) is 9.59 Å². The fourth-order valence-electron chi connectivity index (χ4n) is 3.19. The Labute approximate surface area is 171 Å². The van der Waals surface area contributed by atoms with Gasteiger partial charge in [0.05, 0.1) is 18.8 Å². The molecule has 0 atom stereocenters. The molecule has 7 heteroatoms. The molecule has 1 N–H and O–H groups in total. The van der Waals surface area contributed by atoms with Gasteiger partial charge in [0.2, 0.25) is 0 Å². The summed E-state index contributed by atoms with van der Waals surface area (Å²) in [5.74, 6) is 0.499. The zero-order valence-electron chi connectivity index (χ0n) is 16.9. The molecular weight excluding hydrogens is 370 g/mol. The van der Waals surface area contributed by atoms with Crippen LogP contribution < -0.4 is 15.0 Å². The Bertz CT molecular complexity index is 813. The van der Waals surface area contributed by atoms with E-state index in [-0.39, 0.29) is 12.0 Å². The van der Waals surface area contributed by atoms with Crippen LogP contribution >= 0.6 is 0 Å². The highest BCUT2D eigenvalue weighted by Gasteiger charge is 2.21. The normalized spacial score (nSPS) is 13.7. The van der Waals surface area contributed by atoms with Gasteiger partial charge in [0.25, 0.3) is 0 Å². The Morgan fingerprint density at radius 2 is 1.55 bits per heavy atom. The summed E-state index contributed by atoms with van der Waals surface area (Å²) in [4.78, 5) is 28.3. The first-order valence-corrected chi connectivity index (χ1v) is 9.91. The standard InChI is InChI=1S/C22H27N3O4/c1-3-28-20-11-9-19(10-12-20)24-13-15-25(16-14-24)22(27)23-18-7-5-17(6-8-18)21(26)29-4-2/h5-12H,3-4,13-16H2,1-2H3,(H,23,27). The van der Waals surface area contributed by atoms with E-state index >= 15 is 0 Å². The fourth-order valence-corrected chi connectivity index (χ4v) is 3.19.